The van der Waals surface area contributed by atoms with Gasteiger partial charge in [0, 0.05) is 16.0 Å². The number of carbonyl (C=O) groups is 2. The maximum atomic E-state index is 12.5. The Hall–Kier alpha value is -2.73. The van der Waals surface area contributed by atoms with Crippen molar-refractivity contribution in [3.63, 3.8) is 0 Å². The average molecular weight is 380 g/mol. The third-order valence-electron chi connectivity index (χ3n) is 4.72. The SMILES string of the molecule is CC(=O)c1ccc(-c2ccc(C(=O)Nc3nc4c(s3)CCCCC4)o2)cc1. The fraction of sp³-hybridized carbons (Fsp3) is 0.286. The van der Waals surface area contributed by atoms with Gasteiger partial charge in [0.25, 0.3) is 5.91 Å². The number of nitrogens with zero attached hydrogens (tertiary/aromatic N) is 1. The van der Waals surface area contributed by atoms with Crippen molar-refractivity contribution in [3.8, 4) is 11.3 Å². The fourth-order valence-corrected chi connectivity index (χ4v) is 4.27. The van der Waals surface area contributed by atoms with Crippen molar-refractivity contribution in [2.75, 3.05) is 5.32 Å². The van der Waals surface area contributed by atoms with Gasteiger partial charge < -0.3 is 4.42 Å². The Bertz CT molecular complexity index is 962. The molecule has 1 aliphatic carbocycles. The molecule has 6 heteroatoms. The number of amides is 1. The summed E-state index contributed by atoms with van der Waals surface area (Å²) in [5.41, 5.74) is 2.59. The molecule has 5 nitrogen and oxygen atoms in total. The van der Waals surface area contributed by atoms with E-state index in [1.807, 2.05) is 12.1 Å². The van der Waals surface area contributed by atoms with E-state index < -0.39 is 0 Å². The Balaban J connectivity index is 1.48. The van der Waals surface area contributed by atoms with Crippen molar-refractivity contribution < 1.29 is 14.0 Å². The molecule has 1 amide bonds. The van der Waals surface area contributed by atoms with Gasteiger partial charge in [0.1, 0.15) is 5.76 Å². The summed E-state index contributed by atoms with van der Waals surface area (Å²) in [7, 11) is 0. The summed E-state index contributed by atoms with van der Waals surface area (Å²) in [6.07, 6.45) is 5.63. The molecule has 0 saturated heterocycles. The molecule has 0 aliphatic heterocycles. The van der Waals surface area contributed by atoms with E-state index in [9.17, 15) is 9.59 Å². The van der Waals surface area contributed by atoms with Crippen molar-refractivity contribution in [1.29, 1.82) is 0 Å². The number of ketones is 1. The molecule has 0 unspecified atom stereocenters. The highest BCUT2D eigenvalue weighted by Gasteiger charge is 2.18. The van der Waals surface area contributed by atoms with Crippen molar-refractivity contribution in [2.24, 2.45) is 0 Å². The van der Waals surface area contributed by atoms with Gasteiger partial charge >= 0.3 is 0 Å². The minimum atomic E-state index is -0.300. The van der Waals surface area contributed by atoms with E-state index in [4.69, 9.17) is 4.42 Å². The third-order valence-corrected chi connectivity index (χ3v) is 5.79. The van der Waals surface area contributed by atoms with Crippen molar-refractivity contribution in [1.82, 2.24) is 4.98 Å². The minimum Gasteiger partial charge on any atom is -0.451 e. The number of aromatic nitrogens is 1. The van der Waals surface area contributed by atoms with Gasteiger partial charge in [-0.3, -0.25) is 14.9 Å². The zero-order valence-corrected chi connectivity index (χ0v) is 15.9. The molecule has 27 heavy (non-hydrogen) atoms. The highest BCUT2D eigenvalue weighted by atomic mass is 32.1. The van der Waals surface area contributed by atoms with Crippen molar-refractivity contribution in [3.05, 3.63) is 58.3 Å². The number of Topliss-reactive ketones (excluding diaryl/α,β-unsaturated/α-hetero) is 1. The van der Waals surface area contributed by atoms with Crippen LogP contribution in [0.25, 0.3) is 11.3 Å². The van der Waals surface area contributed by atoms with Gasteiger partial charge in [-0.1, -0.05) is 30.7 Å². The molecule has 0 bridgehead atoms. The molecule has 2 aromatic heterocycles. The van der Waals surface area contributed by atoms with Crippen LogP contribution >= 0.6 is 11.3 Å². The van der Waals surface area contributed by atoms with E-state index in [1.54, 1.807) is 35.6 Å². The van der Waals surface area contributed by atoms with Crippen LogP contribution in [0.2, 0.25) is 0 Å². The second kappa shape index (κ2) is 7.48. The molecular formula is C21H20N2O3S. The van der Waals surface area contributed by atoms with Crippen LogP contribution in [0.4, 0.5) is 5.13 Å². The highest BCUT2D eigenvalue weighted by Crippen LogP contribution is 2.29. The zero-order chi connectivity index (χ0) is 18.8. The Kier molecular flexibility index (Phi) is 4.90. The largest absolute Gasteiger partial charge is 0.451 e. The Labute approximate surface area is 161 Å². The van der Waals surface area contributed by atoms with Gasteiger partial charge in [0.2, 0.25) is 0 Å². The number of hydrogen-bond acceptors (Lipinski definition) is 5. The summed E-state index contributed by atoms with van der Waals surface area (Å²) in [6, 6.07) is 10.5. The van der Waals surface area contributed by atoms with Crippen LogP contribution in [0.15, 0.2) is 40.8 Å². The van der Waals surface area contributed by atoms with Crippen LogP contribution in [0.3, 0.4) is 0 Å². The smallest absolute Gasteiger partial charge is 0.293 e. The molecule has 0 spiro atoms. The number of carbonyl (C=O) groups excluding carboxylic acids is 2. The lowest BCUT2D eigenvalue weighted by molar-refractivity contribution is 0.0994. The quantitative estimate of drug-likeness (QED) is 0.503. The van der Waals surface area contributed by atoms with Crippen LogP contribution < -0.4 is 5.32 Å². The van der Waals surface area contributed by atoms with E-state index in [-0.39, 0.29) is 17.5 Å². The highest BCUT2D eigenvalue weighted by molar-refractivity contribution is 7.15. The normalized spacial score (nSPS) is 13.7. The summed E-state index contributed by atoms with van der Waals surface area (Å²) in [4.78, 5) is 29.7. The third kappa shape index (κ3) is 3.85. The lowest BCUT2D eigenvalue weighted by atomic mass is 10.1. The van der Waals surface area contributed by atoms with Crippen LogP contribution in [0, 0.1) is 0 Å². The summed E-state index contributed by atoms with van der Waals surface area (Å²) >= 11 is 1.56. The molecule has 1 N–H and O–H groups in total. The Morgan fingerprint density at radius 1 is 1.04 bits per heavy atom. The lowest BCUT2D eigenvalue weighted by Crippen LogP contribution is -2.10. The van der Waals surface area contributed by atoms with Crippen LogP contribution in [0.1, 0.15) is 57.7 Å². The minimum absolute atomic E-state index is 0.0166. The second-order valence-corrected chi connectivity index (χ2v) is 7.78. The molecule has 1 aliphatic rings. The van der Waals surface area contributed by atoms with Crippen LogP contribution in [0.5, 0.6) is 0 Å². The standard InChI is InChI=1S/C21H20N2O3S/c1-13(24)14-7-9-15(10-8-14)17-11-12-18(26-17)20(25)23-21-22-16-5-3-2-4-6-19(16)27-21/h7-12H,2-6H2,1H3,(H,22,23,25). The first-order valence-electron chi connectivity index (χ1n) is 9.11. The van der Waals surface area contributed by atoms with Gasteiger partial charge in [-0.25, -0.2) is 4.98 Å². The molecule has 138 valence electrons. The predicted molar refractivity (Wildman–Crippen MR) is 105 cm³/mol. The molecule has 0 radical (unpaired) electrons. The van der Waals surface area contributed by atoms with Gasteiger partial charge in [0.05, 0.1) is 5.69 Å². The average Bonchev–Trinajstić information content (AvgIpc) is 3.24. The van der Waals surface area contributed by atoms with Crippen LogP contribution in [-0.2, 0) is 12.8 Å². The van der Waals surface area contributed by atoms with E-state index in [2.05, 4.69) is 10.3 Å². The first-order chi connectivity index (χ1) is 13.1. The number of fused-ring (bicyclic) bond motifs is 1. The topological polar surface area (TPSA) is 72.2 Å². The summed E-state index contributed by atoms with van der Waals surface area (Å²) in [6.45, 7) is 1.53. The van der Waals surface area contributed by atoms with E-state index in [0.717, 1.165) is 30.5 Å². The van der Waals surface area contributed by atoms with E-state index in [0.29, 0.717) is 16.5 Å². The van der Waals surface area contributed by atoms with Gasteiger partial charge in [-0.15, -0.1) is 11.3 Å². The van der Waals surface area contributed by atoms with Crippen molar-refractivity contribution in [2.45, 2.75) is 39.0 Å². The monoisotopic (exact) mass is 380 g/mol. The number of furan rings is 1. The van der Waals surface area contributed by atoms with Crippen molar-refractivity contribution >= 4 is 28.2 Å². The molecule has 3 aromatic rings. The number of thiazole rings is 1. The molecule has 0 saturated carbocycles. The summed E-state index contributed by atoms with van der Waals surface area (Å²) < 4.78 is 5.71. The van der Waals surface area contributed by atoms with E-state index in [1.165, 1.54) is 24.6 Å². The Morgan fingerprint density at radius 2 is 1.81 bits per heavy atom. The summed E-state index contributed by atoms with van der Waals surface area (Å²) in [5, 5.41) is 3.49. The van der Waals surface area contributed by atoms with Gasteiger partial charge in [-0.05, 0) is 44.7 Å². The van der Waals surface area contributed by atoms with Gasteiger partial charge in [0.15, 0.2) is 16.7 Å². The maximum Gasteiger partial charge on any atom is 0.293 e. The molecular weight excluding hydrogens is 360 g/mol. The number of nitrogens with one attached hydrogen (secondary N) is 1. The second-order valence-electron chi connectivity index (χ2n) is 6.70. The van der Waals surface area contributed by atoms with Crippen LogP contribution in [-0.4, -0.2) is 16.7 Å². The number of anilines is 1. The molecule has 1 aromatic carbocycles. The molecule has 4 rings (SSSR count). The number of aryl methyl sites for hydroxylation is 2. The Morgan fingerprint density at radius 3 is 2.59 bits per heavy atom. The van der Waals surface area contributed by atoms with E-state index >= 15 is 0 Å². The first kappa shape index (κ1) is 17.7. The maximum absolute atomic E-state index is 12.5. The number of rotatable bonds is 4. The number of hydrogen-bond donors (Lipinski definition) is 1. The molecule has 0 fully saturated rings. The van der Waals surface area contributed by atoms with Gasteiger partial charge in [-0.2, -0.15) is 0 Å². The number of benzene rings is 1. The first-order valence-corrected chi connectivity index (χ1v) is 9.93. The molecule has 2 heterocycles. The zero-order valence-electron chi connectivity index (χ0n) is 15.1. The molecule has 0 atom stereocenters. The summed E-state index contributed by atoms with van der Waals surface area (Å²) in [5.74, 6) is 0.546. The predicted octanol–water partition coefficient (Wildman–Crippen LogP) is 5.13. The lowest BCUT2D eigenvalue weighted by Gasteiger charge is -2.00. The fourth-order valence-electron chi connectivity index (χ4n) is 3.23.